The molecule has 2 nitrogen and oxygen atoms in total. The van der Waals surface area contributed by atoms with Gasteiger partial charge >= 0.3 is 0 Å². The maximum atomic E-state index is 10.5. The molecule has 0 saturated carbocycles. The Labute approximate surface area is 85.2 Å². The fourth-order valence-corrected chi connectivity index (χ4v) is 2.17. The van der Waals surface area contributed by atoms with Crippen molar-refractivity contribution in [2.45, 2.75) is 25.0 Å². The van der Waals surface area contributed by atoms with E-state index in [1.807, 2.05) is 42.3 Å². The summed E-state index contributed by atoms with van der Waals surface area (Å²) in [6.45, 7) is 0.978. The van der Waals surface area contributed by atoms with Crippen molar-refractivity contribution in [2.24, 2.45) is 0 Å². The van der Waals surface area contributed by atoms with Crippen LogP contribution in [0.4, 0.5) is 0 Å². The van der Waals surface area contributed by atoms with Crippen LogP contribution in [-0.2, 0) is 5.72 Å². The highest BCUT2D eigenvalue weighted by atomic mass is 16.3. The van der Waals surface area contributed by atoms with E-state index in [0.29, 0.717) is 0 Å². The molecule has 1 aromatic rings. The van der Waals surface area contributed by atoms with Crippen molar-refractivity contribution >= 4 is 0 Å². The Balaban J connectivity index is 2.30. The zero-order valence-electron chi connectivity index (χ0n) is 8.61. The minimum atomic E-state index is -0.737. The molecule has 0 amide bonds. The summed E-state index contributed by atoms with van der Waals surface area (Å²) < 4.78 is 0. The minimum Gasteiger partial charge on any atom is -0.371 e. The van der Waals surface area contributed by atoms with Crippen molar-refractivity contribution in [1.82, 2.24) is 4.90 Å². The minimum absolute atomic E-state index is 0.737. The third-order valence-corrected chi connectivity index (χ3v) is 3.14. The number of hydrogen-bond donors (Lipinski definition) is 1. The average Bonchev–Trinajstić information content (AvgIpc) is 2.24. The summed E-state index contributed by atoms with van der Waals surface area (Å²) in [4.78, 5) is 2.05. The maximum Gasteiger partial charge on any atom is 0.144 e. The van der Waals surface area contributed by atoms with E-state index >= 15 is 0 Å². The standard InChI is InChI=1S/C12H17NO/c1-13-10-6-5-9-12(13,14)11-7-3-2-4-8-11/h2-4,7-8,14H,5-6,9-10H2,1H3. The van der Waals surface area contributed by atoms with E-state index in [0.717, 1.165) is 24.9 Å². The zero-order chi connectivity index (χ0) is 10.0. The first-order valence-electron chi connectivity index (χ1n) is 5.22. The van der Waals surface area contributed by atoms with Gasteiger partial charge in [-0.1, -0.05) is 30.3 Å². The summed E-state index contributed by atoms with van der Waals surface area (Å²) in [5.41, 5.74) is 0.279. The molecule has 1 atom stereocenters. The molecule has 14 heavy (non-hydrogen) atoms. The van der Waals surface area contributed by atoms with Gasteiger partial charge < -0.3 is 5.11 Å². The summed E-state index contributed by atoms with van der Waals surface area (Å²) >= 11 is 0. The van der Waals surface area contributed by atoms with Gasteiger partial charge in [-0.3, -0.25) is 4.90 Å². The zero-order valence-corrected chi connectivity index (χ0v) is 8.61. The van der Waals surface area contributed by atoms with Crippen LogP contribution in [0.5, 0.6) is 0 Å². The number of aliphatic hydroxyl groups is 1. The van der Waals surface area contributed by atoms with Crippen LogP contribution in [0.15, 0.2) is 30.3 Å². The third kappa shape index (κ3) is 1.56. The van der Waals surface area contributed by atoms with Gasteiger partial charge in [-0.15, -0.1) is 0 Å². The highest BCUT2D eigenvalue weighted by Gasteiger charge is 2.35. The fraction of sp³-hybridized carbons (Fsp3) is 0.500. The van der Waals surface area contributed by atoms with Gasteiger partial charge in [0.05, 0.1) is 0 Å². The van der Waals surface area contributed by atoms with Crippen LogP contribution in [0, 0.1) is 0 Å². The van der Waals surface area contributed by atoms with Gasteiger partial charge in [-0.25, -0.2) is 0 Å². The molecule has 1 saturated heterocycles. The Hall–Kier alpha value is -0.860. The molecule has 1 unspecified atom stereocenters. The molecule has 1 N–H and O–H groups in total. The predicted molar refractivity (Wildman–Crippen MR) is 56.8 cm³/mol. The van der Waals surface area contributed by atoms with E-state index in [1.54, 1.807) is 0 Å². The topological polar surface area (TPSA) is 23.5 Å². The van der Waals surface area contributed by atoms with E-state index in [9.17, 15) is 5.11 Å². The molecule has 0 spiro atoms. The molecule has 1 heterocycles. The lowest BCUT2D eigenvalue weighted by Crippen LogP contribution is -2.46. The van der Waals surface area contributed by atoms with Crippen molar-refractivity contribution in [2.75, 3.05) is 13.6 Å². The quantitative estimate of drug-likeness (QED) is 0.733. The van der Waals surface area contributed by atoms with Gasteiger partial charge in [-0.2, -0.15) is 0 Å². The molecule has 0 aliphatic carbocycles. The molecule has 76 valence electrons. The molecular formula is C12H17NO. The second kappa shape index (κ2) is 3.71. The van der Waals surface area contributed by atoms with E-state index in [2.05, 4.69) is 0 Å². The van der Waals surface area contributed by atoms with Crippen LogP contribution in [0.2, 0.25) is 0 Å². The monoisotopic (exact) mass is 191 g/mol. The average molecular weight is 191 g/mol. The molecule has 1 aromatic carbocycles. The van der Waals surface area contributed by atoms with Gasteiger partial charge in [-0.05, 0) is 31.9 Å². The lowest BCUT2D eigenvalue weighted by Gasteiger charge is -2.41. The smallest absolute Gasteiger partial charge is 0.144 e. The van der Waals surface area contributed by atoms with Crippen molar-refractivity contribution in [3.05, 3.63) is 35.9 Å². The third-order valence-electron chi connectivity index (χ3n) is 3.14. The Morgan fingerprint density at radius 2 is 1.93 bits per heavy atom. The summed E-state index contributed by atoms with van der Waals surface area (Å²) in [5.74, 6) is 0. The van der Waals surface area contributed by atoms with E-state index < -0.39 is 5.72 Å². The molecule has 2 heteroatoms. The first kappa shape index (κ1) is 9.69. The number of hydrogen-bond acceptors (Lipinski definition) is 2. The molecule has 0 bridgehead atoms. The van der Waals surface area contributed by atoms with Gasteiger partial charge in [0.2, 0.25) is 0 Å². The van der Waals surface area contributed by atoms with Gasteiger partial charge in [0, 0.05) is 6.54 Å². The van der Waals surface area contributed by atoms with Crippen LogP contribution in [-0.4, -0.2) is 23.6 Å². The summed E-state index contributed by atoms with van der Waals surface area (Å²) in [6, 6.07) is 9.95. The van der Waals surface area contributed by atoms with Crippen molar-refractivity contribution in [3.8, 4) is 0 Å². The van der Waals surface area contributed by atoms with Crippen LogP contribution < -0.4 is 0 Å². The second-order valence-corrected chi connectivity index (χ2v) is 4.06. The fourth-order valence-electron chi connectivity index (χ4n) is 2.17. The van der Waals surface area contributed by atoms with Gasteiger partial charge in [0.15, 0.2) is 0 Å². The summed E-state index contributed by atoms with van der Waals surface area (Å²) in [6.07, 6.45) is 3.13. The second-order valence-electron chi connectivity index (χ2n) is 4.06. The predicted octanol–water partition coefficient (Wildman–Crippen LogP) is 1.95. The number of rotatable bonds is 1. The lowest BCUT2D eigenvalue weighted by atomic mass is 9.92. The van der Waals surface area contributed by atoms with Crippen molar-refractivity contribution < 1.29 is 5.11 Å². The van der Waals surface area contributed by atoms with Gasteiger partial charge in [0.25, 0.3) is 0 Å². The normalized spacial score (nSPS) is 29.0. The van der Waals surface area contributed by atoms with Gasteiger partial charge in [0.1, 0.15) is 5.72 Å². The first-order chi connectivity index (χ1) is 6.73. The van der Waals surface area contributed by atoms with E-state index in [-0.39, 0.29) is 0 Å². The summed E-state index contributed by atoms with van der Waals surface area (Å²) in [7, 11) is 1.99. The van der Waals surface area contributed by atoms with Crippen molar-refractivity contribution in [3.63, 3.8) is 0 Å². The number of piperidine rings is 1. The van der Waals surface area contributed by atoms with E-state index in [1.165, 1.54) is 6.42 Å². The van der Waals surface area contributed by atoms with Crippen LogP contribution in [0.1, 0.15) is 24.8 Å². The Morgan fingerprint density at radius 3 is 2.57 bits per heavy atom. The number of benzene rings is 1. The van der Waals surface area contributed by atoms with E-state index in [4.69, 9.17) is 0 Å². The highest BCUT2D eigenvalue weighted by molar-refractivity contribution is 5.22. The van der Waals surface area contributed by atoms with Crippen LogP contribution >= 0.6 is 0 Å². The van der Waals surface area contributed by atoms with Crippen LogP contribution in [0.25, 0.3) is 0 Å². The SMILES string of the molecule is CN1CCCCC1(O)c1ccccc1. The molecule has 1 aliphatic rings. The maximum absolute atomic E-state index is 10.5. The molecule has 0 aromatic heterocycles. The molecule has 1 fully saturated rings. The van der Waals surface area contributed by atoms with Crippen LogP contribution in [0.3, 0.4) is 0 Å². The Morgan fingerprint density at radius 1 is 1.21 bits per heavy atom. The highest BCUT2D eigenvalue weighted by Crippen LogP contribution is 2.33. The molecule has 0 radical (unpaired) electrons. The molecular weight excluding hydrogens is 174 g/mol. The number of nitrogens with zero attached hydrogens (tertiary/aromatic N) is 1. The van der Waals surface area contributed by atoms with Crippen molar-refractivity contribution in [1.29, 1.82) is 0 Å². The summed E-state index contributed by atoms with van der Waals surface area (Å²) in [5, 5.41) is 10.5. The first-order valence-corrected chi connectivity index (χ1v) is 5.22. The Bertz CT molecular complexity index is 298. The Kier molecular flexibility index (Phi) is 2.57. The lowest BCUT2D eigenvalue weighted by molar-refractivity contribution is -0.126. The molecule has 1 aliphatic heterocycles. The molecule has 2 rings (SSSR count). The number of likely N-dealkylation sites (tertiary alicyclic amines) is 1. The largest absolute Gasteiger partial charge is 0.371 e.